The fourth-order valence-electron chi connectivity index (χ4n) is 4.76. The minimum absolute atomic E-state index is 0.234. The lowest BCUT2D eigenvalue weighted by molar-refractivity contribution is -0.143. The monoisotopic (exact) mass is 342 g/mol. The van der Waals surface area contributed by atoms with Crippen LogP contribution in [-0.4, -0.2) is 61.6 Å². The predicted octanol–water partition coefficient (Wildman–Crippen LogP) is 2.68. The fourth-order valence-corrected chi connectivity index (χ4v) is 4.76. The number of nitrogens with zero attached hydrogens (tertiary/aromatic N) is 2. The van der Waals surface area contributed by atoms with E-state index in [0.29, 0.717) is 11.8 Å². The Bertz CT molecular complexity index is 579. The number of ether oxygens (including phenoxy) is 1. The van der Waals surface area contributed by atoms with Crippen LogP contribution in [0.15, 0.2) is 30.3 Å². The Morgan fingerprint density at radius 2 is 1.84 bits per heavy atom. The van der Waals surface area contributed by atoms with Crippen LogP contribution in [0.4, 0.5) is 0 Å². The van der Waals surface area contributed by atoms with Crippen LogP contribution >= 0.6 is 0 Å². The van der Waals surface area contributed by atoms with Gasteiger partial charge in [0.1, 0.15) is 0 Å². The molecule has 4 nitrogen and oxygen atoms in total. The van der Waals surface area contributed by atoms with Crippen LogP contribution in [0.5, 0.6) is 0 Å². The van der Waals surface area contributed by atoms with Gasteiger partial charge in [-0.05, 0) is 37.2 Å². The van der Waals surface area contributed by atoms with Crippen molar-refractivity contribution in [3.8, 4) is 0 Å². The summed E-state index contributed by atoms with van der Waals surface area (Å²) in [5.74, 6) is 1.00. The number of piperidine rings is 1. The number of hydrogen-bond donors (Lipinski definition) is 0. The summed E-state index contributed by atoms with van der Waals surface area (Å²) in [7, 11) is 0. The molecule has 1 aromatic rings. The van der Waals surface area contributed by atoms with Gasteiger partial charge >= 0.3 is 0 Å². The van der Waals surface area contributed by atoms with Crippen molar-refractivity contribution in [1.29, 1.82) is 0 Å². The van der Waals surface area contributed by atoms with Crippen molar-refractivity contribution >= 4 is 5.91 Å². The molecule has 1 atom stereocenters. The molecule has 3 fully saturated rings. The van der Waals surface area contributed by atoms with Crippen LogP contribution < -0.4 is 0 Å². The van der Waals surface area contributed by atoms with Crippen LogP contribution in [0.2, 0.25) is 0 Å². The van der Waals surface area contributed by atoms with E-state index in [-0.39, 0.29) is 5.41 Å². The summed E-state index contributed by atoms with van der Waals surface area (Å²) in [6.45, 7) is 6.78. The molecular weight excluding hydrogens is 312 g/mol. The molecule has 0 spiro atoms. The van der Waals surface area contributed by atoms with Crippen LogP contribution in [-0.2, 0) is 14.9 Å². The van der Waals surface area contributed by atoms with E-state index in [4.69, 9.17) is 4.74 Å². The van der Waals surface area contributed by atoms with Gasteiger partial charge in [0, 0.05) is 32.7 Å². The van der Waals surface area contributed by atoms with Crippen molar-refractivity contribution in [1.82, 2.24) is 9.80 Å². The van der Waals surface area contributed by atoms with E-state index in [1.54, 1.807) is 0 Å². The van der Waals surface area contributed by atoms with Gasteiger partial charge in [-0.15, -0.1) is 0 Å². The molecule has 0 unspecified atom stereocenters. The van der Waals surface area contributed by atoms with E-state index in [1.807, 2.05) is 6.07 Å². The molecule has 3 aliphatic rings. The SMILES string of the molecule is O=C(N1CCC[C@@H](CN2CCOCC2)C1)C1(c2ccccc2)CCC1. The number of morpholine rings is 1. The highest BCUT2D eigenvalue weighted by atomic mass is 16.5. The van der Waals surface area contributed by atoms with E-state index in [1.165, 1.54) is 18.4 Å². The van der Waals surface area contributed by atoms with Crippen LogP contribution in [0.25, 0.3) is 0 Å². The smallest absolute Gasteiger partial charge is 0.233 e. The minimum atomic E-state index is -0.234. The third kappa shape index (κ3) is 3.47. The number of likely N-dealkylation sites (tertiary alicyclic amines) is 1. The highest BCUT2D eigenvalue weighted by Crippen LogP contribution is 2.45. The van der Waals surface area contributed by atoms with Crippen molar-refractivity contribution in [2.45, 2.75) is 37.5 Å². The molecule has 2 aliphatic heterocycles. The molecule has 1 amide bonds. The summed E-state index contributed by atoms with van der Waals surface area (Å²) in [6.07, 6.45) is 5.59. The Labute approximate surface area is 151 Å². The largest absolute Gasteiger partial charge is 0.379 e. The second kappa shape index (κ2) is 7.46. The van der Waals surface area contributed by atoms with Crippen molar-refractivity contribution in [2.24, 2.45) is 5.92 Å². The Balaban J connectivity index is 1.42. The number of amides is 1. The number of carbonyl (C=O) groups is 1. The van der Waals surface area contributed by atoms with Gasteiger partial charge in [0.25, 0.3) is 0 Å². The van der Waals surface area contributed by atoms with E-state index in [0.717, 1.165) is 65.2 Å². The zero-order chi connectivity index (χ0) is 17.1. The van der Waals surface area contributed by atoms with Crippen molar-refractivity contribution in [2.75, 3.05) is 45.9 Å². The van der Waals surface area contributed by atoms with Crippen molar-refractivity contribution in [3.05, 3.63) is 35.9 Å². The normalized spacial score (nSPS) is 26.9. The molecule has 1 aromatic carbocycles. The highest BCUT2D eigenvalue weighted by Gasteiger charge is 2.48. The topological polar surface area (TPSA) is 32.8 Å². The zero-order valence-electron chi connectivity index (χ0n) is 15.2. The highest BCUT2D eigenvalue weighted by molar-refractivity contribution is 5.89. The second-order valence-electron chi connectivity index (χ2n) is 7.97. The van der Waals surface area contributed by atoms with E-state index >= 15 is 0 Å². The van der Waals surface area contributed by atoms with Gasteiger partial charge in [-0.25, -0.2) is 0 Å². The first-order valence-corrected chi connectivity index (χ1v) is 9.93. The molecule has 2 heterocycles. The van der Waals surface area contributed by atoms with Gasteiger partial charge in [-0.3, -0.25) is 9.69 Å². The third-order valence-corrected chi connectivity index (χ3v) is 6.37. The molecule has 0 N–H and O–H groups in total. The summed E-state index contributed by atoms with van der Waals surface area (Å²) in [6, 6.07) is 10.5. The second-order valence-corrected chi connectivity index (χ2v) is 7.97. The standard InChI is InChI=1S/C21H30N2O2/c24-20(21(9-5-10-21)19-7-2-1-3-8-19)23-11-4-6-18(17-23)16-22-12-14-25-15-13-22/h1-3,7-8,18H,4-6,9-17H2/t18-/m0/s1. The summed E-state index contributed by atoms with van der Waals surface area (Å²) < 4.78 is 5.46. The molecule has 4 rings (SSSR count). The summed E-state index contributed by atoms with van der Waals surface area (Å²) in [4.78, 5) is 18.1. The lowest BCUT2D eigenvalue weighted by Crippen LogP contribution is -2.54. The lowest BCUT2D eigenvalue weighted by Gasteiger charge is -2.46. The Hall–Kier alpha value is -1.39. The van der Waals surface area contributed by atoms with Crippen LogP contribution in [0.1, 0.15) is 37.7 Å². The first kappa shape index (κ1) is 17.0. The van der Waals surface area contributed by atoms with Crippen LogP contribution in [0.3, 0.4) is 0 Å². The quantitative estimate of drug-likeness (QED) is 0.843. The minimum Gasteiger partial charge on any atom is -0.379 e. The van der Waals surface area contributed by atoms with Crippen LogP contribution in [0, 0.1) is 5.92 Å². The average Bonchev–Trinajstić information content (AvgIpc) is 2.63. The maximum atomic E-state index is 13.4. The molecule has 2 saturated heterocycles. The third-order valence-electron chi connectivity index (χ3n) is 6.37. The van der Waals surface area contributed by atoms with Gasteiger partial charge in [-0.2, -0.15) is 0 Å². The first-order valence-electron chi connectivity index (χ1n) is 9.93. The van der Waals surface area contributed by atoms with Gasteiger partial charge in [-0.1, -0.05) is 36.8 Å². The summed E-state index contributed by atoms with van der Waals surface area (Å²) >= 11 is 0. The van der Waals surface area contributed by atoms with Crippen molar-refractivity contribution < 1.29 is 9.53 Å². The molecule has 1 aliphatic carbocycles. The fraction of sp³-hybridized carbons (Fsp3) is 0.667. The summed E-state index contributed by atoms with van der Waals surface area (Å²) in [5.41, 5.74) is 0.990. The molecule has 0 radical (unpaired) electrons. The number of hydrogen-bond acceptors (Lipinski definition) is 3. The van der Waals surface area contributed by atoms with E-state index < -0.39 is 0 Å². The maximum Gasteiger partial charge on any atom is 0.233 e. The molecule has 0 bridgehead atoms. The number of benzene rings is 1. The van der Waals surface area contributed by atoms with E-state index in [2.05, 4.69) is 34.1 Å². The Morgan fingerprint density at radius 1 is 1.08 bits per heavy atom. The van der Waals surface area contributed by atoms with Crippen molar-refractivity contribution in [3.63, 3.8) is 0 Å². The Kier molecular flexibility index (Phi) is 5.09. The maximum absolute atomic E-state index is 13.4. The van der Waals surface area contributed by atoms with E-state index in [9.17, 15) is 4.79 Å². The number of rotatable bonds is 4. The first-order chi connectivity index (χ1) is 12.3. The molecule has 1 saturated carbocycles. The summed E-state index contributed by atoms with van der Waals surface area (Å²) in [5, 5.41) is 0. The van der Waals surface area contributed by atoms with Gasteiger partial charge in [0.15, 0.2) is 0 Å². The molecule has 0 aromatic heterocycles. The molecular formula is C21H30N2O2. The Morgan fingerprint density at radius 3 is 2.52 bits per heavy atom. The average molecular weight is 342 g/mol. The predicted molar refractivity (Wildman–Crippen MR) is 98.5 cm³/mol. The van der Waals surface area contributed by atoms with Gasteiger partial charge in [0.05, 0.1) is 18.6 Å². The zero-order valence-corrected chi connectivity index (χ0v) is 15.2. The number of carbonyl (C=O) groups excluding carboxylic acids is 1. The van der Waals surface area contributed by atoms with Gasteiger partial charge < -0.3 is 9.64 Å². The lowest BCUT2D eigenvalue weighted by atomic mass is 9.63. The molecule has 136 valence electrons. The molecule has 25 heavy (non-hydrogen) atoms. The van der Waals surface area contributed by atoms with Gasteiger partial charge in [0.2, 0.25) is 5.91 Å². The molecule has 4 heteroatoms.